The van der Waals surface area contributed by atoms with Crippen LogP contribution in [0.1, 0.15) is 7.43 Å². The molecule has 0 heterocycles. The quantitative estimate of drug-likeness (QED) is 0.388. The van der Waals surface area contributed by atoms with Gasteiger partial charge >= 0.3 is 59.1 Å². The van der Waals surface area contributed by atoms with Gasteiger partial charge in [0.05, 0.1) is 0 Å². The van der Waals surface area contributed by atoms with Crippen LogP contribution in [0.3, 0.4) is 0 Å². The molecule has 0 aliphatic heterocycles. The summed E-state index contributed by atoms with van der Waals surface area (Å²) < 4.78 is 26.7. The van der Waals surface area contributed by atoms with Crippen molar-refractivity contribution in [3.8, 4) is 0 Å². The Balaban J connectivity index is -0.00000000286. The van der Waals surface area contributed by atoms with E-state index in [0.717, 1.165) is 0 Å². The maximum absolute atomic E-state index is 8.89. The van der Waals surface area contributed by atoms with Crippen molar-refractivity contribution in [3.63, 3.8) is 0 Å². The summed E-state index contributed by atoms with van der Waals surface area (Å²) >= 11 is 3.24. The summed E-state index contributed by atoms with van der Waals surface area (Å²) in [6, 6.07) is 0. The van der Waals surface area contributed by atoms with Crippen LogP contribution in [0.15, 0.2) is 0 Å². The predicted octanol–water partition coefficient (Wildman–Crippen LogP) is -10.5. The van der Waals surface area contributed by atoms with E-state index in [-0.39, 0.29) is 93.9 Å². The normalized spacial score (nSPS) is 4.46. The Kier molecular flexibility index (Phi) is 229. The molecule has 0 aliphatic rings. The van der Waals surface area contributed by atoms with Gasteiger partial charge in [0.1, 0.15) is 0 Å². The number of hydrogen-bond donors (Lipinski definition) is 0. The molecule has 0 bridgehead atoms. The molecule has 10 N–H and O–H groups in total. The molecular formula is CH14Na2O8S2. The van der Waals surface area contributed by atoms with Gasteiger partial charge < -0.3 is 36.5 Å². The Labute approximate surface area is 126 Å². The third kappa shape index (κ3) is 471. The van der Waals surface area contributed by atoms with Crippen molar-refractivity contribution in [1.82, 2.24) is 0 Å². The summed E-state index contributed by atoms with van der Waals surface area (Å²) in [5.41, 5.74) is 0. The van der Waals surface area contributed by atoms with Gasteiger partial charge in [-0.1, -0.05) is 7.43 Å². The van der Waals surface area contributed by atoms with Crippen LogP contribution in [-0.4, -0.2) is 40.7 Å². The van der Waals surface area contributed by atoms with Crippen molar-refractivity contribution in [2.75, 3.05) is 0 Å². The first-order valence-corrected chi connectivity index (χ1v) is 3.00. The van der Waals surface area contributed by atoms with Crippen molar-refractivity contribution >= 4 is 20.2 Å². The van der Waals surface area contributed by atoms with E-state index >= 15 is 0 Å². The van der Waals surface area contributed by atoms with E-state index in [4.69, 9.17) is 13.3 Å². The molecule has 8 nitrogen and oxygen atoms in total. The fourth-order valence-electron chi connectivity index (χ4n) is 0. The smallest absolute Gasteiger partial charge is 0.780 e. The second-order valence-electron chi connectivity index (χ2n) is 0.408. The Bertz CT molecular complexity index is 103. The van der Waals surface area contributed by atoms with Gasteiger partial charge in [-0.3, -0.25) is 4.21 Å². The maximum Gasteiger partial charge on any atom is 1.00 e. The van der Waals surface area contributed by atoms with Crippen LogP contribution in [0, 0.1) is 0 Å². The maximum atomic E-state index is 8.89. The molecule has 0 unspecified atom stereocenters. The van der Waals surface area contributed by atoms with Crippen molar-refractivity contribution < 1.29 is 99.8 Å². The molecule has 0 aromatic carbocycles. The molecule has 0 saturated heterocycles. The van der Waals surface area contributed by atoms with Crippen LogP contribution >= 0.6 is 0 Å². The van der Waals surface area contributed by atoms with Gasteiger partial charge in [0.2, 0.25) is 0 Å². The molecule has 0 aromatic heterocycles. The third-order valence-corrected chi connectivity index (χ3v) is 0. The molecular weight excluding hydrogens is 250 g/mol. The van der Waals surface area contributed by atoms with Gasteiger partial charge in [-0.15, -0.1) is 9.05 Å². The SMILES string of the molecule is C.O.O.O.O.O.O=S([O-])([O-])=S.[Na+].[Na+]. The monoisotopic (exact) mass is 264 g/mol. The second-order valence-corrected chi connectivity index (χ2v) is 2.45. The zero-order valence-electron chi connectivity index (χ0n) is 6.54. The molecule has 0 aliphatic carbocycles. The van der Waals surface area contributed by atoms with Crippen LogP contribution in [0.25, 0.3) is 0 Å². The molecule has 13 heavy (non-hydrogen) atoms. The van der Waals surface area contributed by atoms with Crippen LogP contribution in [0.5, 0.6) is 0 Å². The average Bonchev–Trinajstić information content (AvgIpc) is 0.722. The molecule has 0 amide bonds. The first kappa shape index (κ1) is 80.8. The van der Waals surface area contributed by atoms with Gasteiger partial charge in [-0.25, -0.2) is 0 Å². The fourth-order valence-corrected chi connectivity index (χ4v) is 0. The summed E-state index contributed by atoms with van der Waals surface area (Å²) in [6.45, 7) is 0. The molecule has 0 rings (SSSR count). The molecule has 0 atom stereocenters. The van der Waals surface area contributed by atoms with E-state index in [2.05, 4.69) is 11.2 Å². The Morgan fingerprint density at radius 1 is 0.846 bits per heavy atom. The molecule has 0 spiro atoms. The van der Waals surface area contributed by atoms with E-state index in [1.165, 1.54) is 0 Å². The average molecular weight is 264 g/mol. The summed E-state index contributed by atoms with van der Waals surface area (Å²) in [6.07, 6.45) is 0. The van der Waals surface area contributed by atoms with Crippen molar-refractivity contribution in [2.24, 2.45) is 0 Å². The predicted molar refractivity (Wildman–Crippen MR) is 41.9 cm³/mol. The van der Waals surface area contributed by atoms with Crippen molar-refractivity contribution in [3.05, 3.63) is 0 Å². The third-order valence-electron chi connectivity index (χ3n) is 0. The summed E-state index contributed by atoms with van der Waals surface area (Å²) in [7, 11) is -4.33. The first-order chi connectivity index (χ1) is 2.00. The van der Waals surface area contributed by atoms with E-state index in [0.29, 0.717) is 0 Å². The number of hydrogen-bond acceptors (Lipinski definition) is 4. The minimum atomic E-state index is -4.33. The topological polar surface area (TPSA) is 221 Å². The molecule has 80 valence electrons. The minimum Gasteiger partial charge on any atom is -0.780 e. The standard InChI is InChI=1S/CH4.2Na.H2O3S2.5H2O/c;;;1-5(2,3)4;;;;;/h1H4;;;(H2,1,2,3,4);5*1H2/q;2*+1;;;;;;/p-2. The first-order valence-electron chi connectivity index (χ1n) is 0.667. The van der Waals surface area contributed by atoms with Gasteiger partial charge in [0.15, 0.2) is 0 Å². The van der Waals surface area contributed by atoms with Gasteiger partial charge in [0, 0.05) is 0 Å². The summed E-state index contributed by atoms with van der Waals surface area (Å²) in [4.78, 5) is 0. The molecule has 0 saturated carbocycles. The van der Waals surface area contributed by atoms with Crippen LogP contribution in [0.2, 0.25) is 0 Å². The summed E-state index contributed by atoms with van der Waals surface area (Å²) in [5.74, 6) is 0. The van der Waals surface area contributed by atoms with Crippen molar-refractivity contribution in [1.29, 1.82) is 0 Å². The van der Waals surface area contributed by atoms with E-state index in [9.17, 15) is 0 Å². The minimum absolute atomic E-state index is 0. The molecule has 0 fully saturated rings. The van der Waals surface area contributed by atoms with Gasteiger partial charge in [0.25, 0.3) is 0 Å². The van der Waals surface area contributed by atoms with Crippen LogP contribution in [0.4, 0.5) is 0 Å². The summed E-state index contributed by atoms with van der Waals surface area (Å²) in [5, 5.41) is 0. The van der Waals surface area contributed by atoms with Gasteiger partial charge in [-0.05, 0) is 11.2 Å². The van der Waals surface area contributed by atoms with E-state index in [1.54, 1.807) is 0 Å². The van der Waals surface area contributed by atoms with Crippen LogP contribution < -0.4 is 59.1 Å². The van der Waals surface area contributed by atoms with E-state index < -0.39 is 9.05 Å². The van der Waals surface area contributed by atoms with Gasteiger partial charge in [-0.2, -0.15) is 0 Å². The largest absolute Gasteiger partial charge is 1.00 e. The number of rotatable bonds is 0. The fraction of sp³-hybridized carbons (Fsp3) is 1.00. The second kappa shape index (κ2) is 36.9. The zero-order chi connectivity index (χ0) is 4.50. The Hall–Kier alpha value is 2.09. The molecule has 0 aromatic rings. The van der Waals surface area contributed by atoms with Crippen LogP contribution in [-0.2, 0) is 20.2 Å². The molecule has 0 radical (unpaired) electrons. The Morgan fingerprint density at radius 2 is 0.846 bits per heavy atom. The van der Waals surface area contributed by atoms with Crippen molar-refractivity contribution in [2.45, 2.75) is 7.43 Å². The zero-order valence-corrected chi connectivity index (χ0v) is 12.2. The Morgan fingerprint density at radius 3 is 0.846 bits per heavy atom. The van der Waals surface area contributed by atoms with E-state index in [1.807, 2.05) is 0 Å². The molecule has 12 heteroatoms.